The van der Waals surface area contributed by atoms with Crippen LogP contribution in [0.15, 0.2) is 191 Å². The highest BCUT2D eigenvalue weighted by Gasteiger charge is 2.21. The van der Waals surface area contributed by atoms with Crippen LogP contribution in [-0.4, -0.2) is 9.97 Å². The van der Waals surface area contributed by atoms with E-state index in [1.165, 1.54) is 0 Å². The second kappa shape index (κ2) is 11.9. The van der Waals surface area contributed by atoms with Crippen LogP contribution in [0.2, 0.25) is 0 Å². The Morgan fingerprint density at radius 3 is 1.20 bits per heavy atom. The van der Waals surface area contributed by atoms with Crippen molar-refractivity contribution in [1.29, 1.82) is 0 Å². The smallest absolute Gasteiger partial charge is 0.137 e. The summed E-state index contributed by atoms with van der Waals surface area (Å²) in [4.78, 5) is 14.8. The number of para-hydroxylation sites is 4. The fraction of sp³-hybridized carbons (Fsp3) is 0. The third-order valence-corrected chi connectivity index (χ3v) is 11.0. The summed E-state index contributed by atoms with van der Waals surface area (Å²) in [5.74, 6) is 0. The third-order valence-electron chi connectivity index (χ3n) is 11.0. The molecule has 0 N–H and O–H groups in total. The number of furan rings is 2. The average Bonchev–Trinajstić information content (AvgIpc) is 3.81. The van der Waals surface area contributed by atoms with Crippen LogP contribution >= 0.6 is 0 Å². The maximum atomic E-state index is 6.33. The summed E-state index contributed by atoms with van der Waals surface area (Å²) in [6.45, 7) is 0. The largest absolute Gasteiger partial charge is 0.456 e. The van der Waals surface area contributed by atoms with Crippen LogP contribution in [0, 0.1) is 0 Å². The summed E-state index contributed by atoms with van der Waals surface area (Å²) in [5.41, 5.74) is 11.3. The zero-order chi connectivity index (χ0) is 36.7. The van der Waals surface area contributed by atoms with Gasteiger partial charge in [0.1, 0.15) is 22.3 Å². The Morgan fingerprint density at radius 1 is 0.321 bits per heavy atom. The molecule has 6 nitrogen and oxygen atoms in total. The molecular formula is C50H30N4O2. The minimum Gasteiger partial charge on any atom is -0.456 e. The van der Waals surface area contributed by atoms with E-state index in [1.54, 1.807) is 0 Å². The summed E-state index contributed by atoms with van der Waals surface area (Å²) < 4.78 is 12.7. The van der Waals surface area contributed by atoms with Gasteiger partial charge >= 0.3 is 0 Å². The van der Waals surface area contributed by atoms with Gasteiger partial charge in [0.25, 0.3) is 0 Å². The van der Waals surface area contributed by atoms with E-state index in [9.17, 15) is 0 Å². The van der Waals surface area contributed by atoms with E-state index in [1.807, 2.05) is 48.8 Å². The number of anilines is 6. The summed E-state index contributed by atoms with van der Waals surface area (Å²) >= 11 is 0. The molecule has 262 valence electrons. The SMILES string of the molecule is c1ccc(N(c2cc3cnc4cc(N(c5ccccc5)c5ccc6c(c5)oc5ccccc56)cc5cnc(c2)c3c54)c2ccc3c(c2)oc2ccccc23)cc1. The normalized spacial score (nSPS) is 11.9. The van der Waals surface area contributed by atoms with Crippen LogP contribution in [0.5, 0.6) is 0 Å². The fourth-order valence-corrected chi connectivity index (χ4v) is 8.51. The third kappa shape index (κ3) is 4.69. The molecule has 0 atom stereocenters. The van der Waals surface area contributed by atoms with Crippen molar-refractivity contribution in [2.45, 2.75) is 0 Å². The minimum absolute atomic E-state index is 0.847. The van der Waals surface area contributed by atoms with Crippen molar-refractivity contribution in [2.24, 2.45) is 0 Å². The Balaban J connectivity index is 1.01. The lowest BCUT2D eigenvalue weighted by Gasteiger charge is -2.27. The topological polar surface area (TPSA) is 58.5 Å². The Morgan fingerprint density at radius 2 is 0.732 bits per heavy atom. The number of benzene rings is 8. The molecule has 6 heteroatoms. The second-order valence-corrected chi connectivity index (χ2v) is 14.3. The molecule has 12 aromatic rings. The molecule has 0 spiro atoms. The van der Waals surface area contributed by atoms with Gasteiger partial charge in [-0.25, -0.2) is 0 Å². The van der Waals surface area contributed by atoms with Gasteiger partial charge < -0.3 is 18.6 Å². The second-order valence-electron chi connectivity index (χ2n) is 14.3. The molecule has 0 saturated carbocycles. The zero-order valence-electron chi connectivity index (χ0n) is 29.9. The molecule has 8 aromatic carbocycles. The number of pyridine rings is 2. The van der Waals surface area contributed by atoms with E-state index in [0.29, 0.717) is 0 Å². The molecule has 12 rings (SSSR count). The number of hydrogen-bond donors (Lipinski definition) is 0. The maximum absolute atomic E-state index is 6.33. The van der Waals surface area contributed by atoms with Gasteiger partial charge in [-0.1, -0.05) is 72.8 Å². The maximum Gasteiger partial charge on any atom is 0.137 e. The van der Waals surface area contributed by atoms with Gasteiger partial charge in [-0.05, 0) is 84.9 Å². The van der Waals surface area contributed by atoms with Crippen molar-refractivity contribution < 1.29 is 8.83 Å². The molecule has 4 heterocycles. The summed E-state index contributed by atoms with van der Waals surface area (Å²) in [7, 11) is 0. The van der Waals surface area contributed by atoms with Gasteiger partial charge in [0, 0.05) is 102 Å². The predicted octanol–water partition coefficient (Wildman–Crippen LogP) is 14.1. The van der Waals surface area contributed by atoms with E-state index >= 15 is 0 Å². The van der Waals surface area contributed by atoms with Crippen LogP contribution in [0.25, 0.3) is 76.5 Å². The summed E-state index contributed by atoms with van der Waals surface area (Å²) in [5, 5.41) is 8.66. The van der Waals surface area contributed by atoms with Crippen molar-refractivity contribution >= 4 is 111 Å². The van der Waals surface area contributed by atoms with Crippen LogP contribution in [0.3, 0.4) is 0 Å². The van der Waals surface area contributed by atoms with Gasteiger partial charge in [0.05, 0.1) is 11.0 Å². The Bertz CT molecular complexity index is 3150. The monoisotopic (exact) mass is 718 g/mol. The van der Waals surface area contributed by atoms with Crippen LogP contribution in [-0.2, 0) is 0 Å². The molecule has 0 fully saturated rings. The predicted molar refractivity (Wildman–Crippen MR) is 230 cm³/mol. The van der Waals surface area contributed by atoms with Gasteiger partial charge in [0.15, 0.2) is 0 Å². The van der Waals surface area contributed by atoms with Gasteiger partial charge in [-0.3, -0.25) is 9.97 Å². The molecule has 0 aliphatic heterocycles. The van der Waals surface area contributed by atoms with E-state index in [-0.39, 0.29) is 0 Å². The molecule has 56 heavy (non-hydrogen) atoms. The van der Waals surface area contributed by atoms with Crippen LogP contribution in [0.4, 0.5) is 34.1 Å². The molecule has 0 unspecified atom stereocenters. The van der Waals surface area contributed by atoms with Crippen LogP contribution in [0.1, 0.15) is 0 Å². The molecule has 4 aromatic heterocycles. The fourth-order valence-electron chi connectivity index (χ4n) is 8.51. The summed E-state index contributed by atoms with van der Waals surface area (Å²) in [6, 6.07) is 59.0. The highest BCUT2D eigenvalue weighted by molar-refractivity contribution is 6.22. The number of hydrogen-bond acceptors (Lipinski definition) is 6. The Labute approximate surface area is 320 Å². The lowest BCUT2D eigenvalue weighted by Crippen LogP contribution is -2.10. The first-order valence-electron chi connectivity index (χ1n) is 18.7. The van der Waals surface area contributed by atoms with Crippen molar-refractivity contribution in [3.63, 3.8) is 0 Å². The Kier molecular flexibility index (Phi) is 6.53. The molecule has 0 saturated heterocycles. The lowest BCUT2D eigenvalue weighted by atomic mass is 9.99. The van der Waals surface area contributed by atoms with Crippen molar-refractivity contribution in [1.82, 2.24) is 9.97 Å². The molecule has 0 amide bonds. The zero-order valence-corrected chi connectivity index (χ0v) is 29.9. The van der Waals surface area contributed by atoms with Crippen molar-refractivity contribution in [3.05, 3.63) is 182 Å². The average molecular weight is 719 g/mol. The van der Waals surface area contributed by atoms with Crippen LogP contribution < -0.4 is 9.80 Å². The quantitative estimate of drug-likeness (QED) is 0.160. The first-order chi connectivity index (χ1) is 27.7. The van der Waals surface area contributed by atoms with E-state index < -0.39 is 0 Å². The number of fused-ring (bicyclic) bond motifs is 6. The van der Waals surface area contributed by atoms with Gasteiger partial charge in [-0.2, -0.15) is 0 Å². The minimum atomic E-state index is 0.847. The first kappa shape index (κ1) is 30.7. The molecule has 0 aliphatic carbocycles. The van der Waals surface area contributed by atoms with E-state index in [2.05, 4.69) is 143 Å². The highest BCUT2D eigenvalue weighted by atomic mass is 16.3. The summed E-state index contributed by atoms with van der Waals surface area (Å²) in [6.07, 6.45) is 3.97. The molecule has 0 aliphatic rings. The lowest BCUT2D eigenvalue weighted by molar-refractivity contribution is 0.668. The van der Waals surface area contributed by atoms with Crippen molar-refractivity contribution in [2.75, 3.05) is 9.80 Å². The Hall–Kier alpha value is -7.70. The van der Waals surface area contributed by atoms with E-state index in [4.69, 9.17) is 18.8 Å². The van der Waals surface area contributed by atoms with Crippen molar-refractivity contribution in [3.8, 4) is 0 Å². The number of aromatic nitrogens is 2. The number of rotatable bonds is 6. The molecule has 0 radical (unpaired) electrons. The van der Waals surface area contributed by atoms with E-state index in [0.717, 1.165) is 111 Å². The highest BCUT2D eigenvalue weighted by Crippen LogP contribution is 2.44. The number of nitrogens with zero attached hydrogens (tertiary/aromatic N) is 4. The molecule has 0 bridgehead atoms. The molecular weight excluding hydrogens is 689 g/mol. The van der Waals surface area contributed by atoms with Gasteiger partial charge in [-0.15, -0.1) is 0 Å². The first-order valence-corrected chi connectivity index (χ1v) is 18.7. The van der Waals surface area contributed by atoms with Gasteiger partial charge in [0.2, 0.25) is 0 Å². The standard InChI is InChI=1S/C50H30N4O2/c1-3-11-33(12-4-1)53(35-19-21-41-39-15-7-9-17-45(39)55-47(41)27-35)37-23-31-29-52-44-26-38(24-32-30-51-43(25-37)49(31)50(32)44)54(34-13-5-2-6-14-34)36-20-22-42-40-16-8-10-18-46(40)56-48(42)28-36/h1-30H.